The van der Waals surface area contributed by atoms with Crippen molar-refractivity contribution in [1.82, 2.24) is 10.2 Å². The van der Waals surface area contributed by atoms with Crippen LogP contribution in [0.3, 0.4) is 0 Å². The molecular formula is C10H17N3S2. The standard InChI is InChI=1S/C10H17N3S2/c1-3-9-12-13-10(15-9)11-8-5-4-6-14-7(8)2/h7-8H,3-6H2,1-2H3,(H,11,13). The Morgan fingerprint density at radius 1 is 1.47 bits per heavy atom. The van der Waals surface area contributed by atoms with Crippen LogP contribution >= 0.6 is 23.1 Å². The summed E-state index contributed by atoms with van der Waals surface area (Å²) in [7, 11) is 0. The lowest BCUT2D eigenvalue weighted by Gasteiger charge is -2.28. The predicted octanol–water partition coefficient (Wildman–Crippen LogP) is 2.80. The number of hydrogen-bond acceptors (Lipinski definition) is 5. The Balaban J connectivity index is 1.95. The van der Waals surface area contributed by atoms with Gasteiger partial charge >= 0.3 is 0 Å². The van der Waals surface area contributed by atoms with Gasteiger partial charge in [0.25, 0.3) is 0 Å². The van der Waals surface area contributed by atoms with E-state index < -0.39 is 0 Å². The van der Waals surface area contributed by atoms with Crippen molar-refractivity contribution in [3.05, 3.63) is 5.01 Å². The molecule has 2 heterocycles. The van der Waals surface area contributed by atoms with Gasteiger partial charge in [-0.15, -0.1) is 10.2 Å². The number of anilines is 1. The third-order valence-corrected chi connectivity index (χ3v) is 5.06. The molecule has 1 saturated heterocycles. The summed E-state index contributed by atoms with van der Waals surface area (Å²) < 4.78 is 0. The average molecular weight is 243 g/mol. The molecule has 1 aliphatic heterocycles. The topological polar surface area (TPSA) is 37.8 Å². The second-order valence-electron chi connectivity index (χ2n) is 3.82. The molecule has 0 bridgehead atoms. The molecule has 0 aromatic carbocycles. The van der Waals surface area contributed by atoms with Crippen molar-refractivity contribution in [3.8, 4) is 0 Å². The van der Waals surface area contributed by atoms with Gasteiger partial charge in [-0.3, -0.25) is 0 Å². The van der Waals surface area contributed by atoms with Crippen molar-refractivity contribution in [1.29, 1.82) is 0 Å². The molecule has 0 aliphatic carbocycles. The molecule has 0 saturated carbocycles. The number of thioether (sulfide) groups is 1. The highest BCUT2D eigenvalue weighted by Gasteiger charge is 2.22. The number of aryl methyl sites for hydroxylation is 1. The first kappa shape index (κ1) is 11.2. The minimum Gasteiger partial charge on any atom is -0.356 e. The van der Waals surface area contributed by atoms with Crippen molar-refractivity contribution in [2.24, 2.45) is 0 Å². The highest BCUT2D eigenvalue weighted by molar-refractivity contribution is 8.00. The summed E-state index contributed by atoms with van der Waals surface area (Å²) in [5.74, 6) is 1.30. The van der Waals surface area contributed by atoms with Crippen molar-refractivity contribution < 1.29 is 0 Å². The fourth-order valence-corrected chi connectivity index (χ4v) is 3.61. The molecule has 0 spiro atoms. The molecule has 84 valence electrons. The predicted molar refractivity (Wildman–Crippen MR) is 67.9 cm³/mol. The number of aromatic nitrogens is 2. The summed E-state index contributed by atoms with van der Waals surface area (Å²) in [6.45, 7) is 4.41. The van der Waals surface area contributed by atoms with Crippen LogP contribution in [0.15, 0.2) is 0 Å². The van der Waals surface area contributed by atoms with Crippen LogP contribution in [0.1, 0.15) is 31.7 Å². The number of hydrogen-bond donors (Lipinski definition) is 1. The van der Waals surface area contributed by atoms with Gasteiger partial charge in [0.2, 0.25) is 5.13 Å². The van der Waals surface area contributed by atoms with E-state index in [0.29, 0.717) is 11.3 Å². The minimum atomic E-state index is 0.571. The summed E-state index contributed by atoms with van der Waals surface area (Å²) in [5.41, 5.74) is 0. The Hall–Kier alpha value is -0.290. The van der Waals surface area contributed by atoms with Gasteiger partial charge in [-0.05, 0) is 25.0 Å². The second kappa shape index (κ2) is 5.16. The quantitative estimate of drug-likeness (QED) is 0.886. The molecule has 1 fully saturated rings. The average Bonchev–Trinajstić information content (AvgIpc) is 2.69. The summed E-state index contributed by atoms with van der Waals surface area (Å²) >= 11 is 3.74. The first-order chi connectivity index (χ1) is 7.29. The maximum Gasteiger partial charge on any atom is 0.205 e. The van der Waals surface area contributed by atoms with E-state index in [9.17, 15) is 0 Å². The van der Waals surface area contributed by atoms with Crippen LogP contribution in [0, 0.1) is 0 Å². The highest BCUT2D eigenvalue weighted by Crippen LogP contribution is 2.28. The van der Waals surface area contributed by atoms with Gasteiger partial charge in [-0.2, -0.15) is 11.8 Å². The van der Waals surface area contributed by atoms with E-state index in [2.05, 4.69) is 41.1 Å². The maximum atomic E-state index is 4.16. The first-order valence-electron chi connectivity index (χ1n) is 5.50. The zero-order valence-electron chi connectivity index (χ0n) is 9.19. The number of nitrogens with one attached hydrogen (secondary N) is 1. The van der Waals surface area contributed by atoms with Crippen molar-refractivity contribution in [2.75, 3.05) is 11.1 Å². The molecule has 1 N–H and O–H groups in total. The normalized spacial score (nSPS) is 26.5. The maximum absolute atomic E-state index is 4.16. The highest BCUT2D eigenvalue weighted by atomic mass is 32.2. The molecule has 3 nitrogen and oxygen atoms in total. The van der Waals surface area contributed by atoms with E-state index >= 15 is 0 Å². The van der Waals surface area contributed by atoms with Gasteiger partial charge in [0, 0.05) is 11.3 Å². The van der Waals surface area contributed by atoms with Crippen molar-refractivity contribution in [3.63, 3.8) is 0 Å². The van der Waals surface area contributed by atoms with Crippen LogP contribution < -0.4 is 5.32 Å². The molecule has 2 unspecified atom stereocenters. The van der Waals surface area contributed by atoms with E-state index in [1.165, 1.54) is 18.6 Å². The van der Waals surface area contributed by atoms with Crippen molar-refractivity contribution >= 4 is 28.2 Å². The Kier molecular flexibility index (Phi) is 3.86. The summed E-state index contributed by atoms with van der Waals surface area (Å²) in [6.07, 6.45) is 3.55. The molecule has 2 rings (SSSR count). The SMILES string of the molecule is CCc1nnc(NC2CCCSC2C)s1. The van der Waals surface area contributed by atoms with Gasteiger partial charge in [-0.25, -0.2) is 0 Å². The van der Waals surface area contributed by atoms with Gasteiger partial charge < -0.3 is 5.32 Å². The lowest BCUT2D eigenvalue weighted by atomic mass is 10.1. The van der Waals surface area contributed by atoms with Crippen LogP contribution in [0.4, 0.5) is 5.13 Å². The summed E-state index contributed by atoms with van der Waals surface area (Å²) in [6, 6.07) is 0.571. The largest absolute Gasteiger partial charge is 0.356 e. The molecule has 15 heavy (non-hydrogen) atoms. The van der Waals surface area contributed by atoms with E-state index in [-0.39, 0.29) is 0 Å². The first-order valence-corrected chi connectivity index (χ1v) is 7.36. The number of rotatable bonds is 3. The molecule has 0 radical (unpaired) electrons. The van der Waals surface area contributed by atoms with E-state index in [0.717, 1.165) is 16.6 Å². The van der Waals surface area contributed by atoms with E-state index in [1.807, 2.05) is 0 Å². The minimum absolute atomic E-state index is 0.571. The van der Waals surface area contributed by atoms with Gasteiger partial charge in [0.05, 0.1) is 0 Å². The second-order valence-corrected chi connectivity index (χ2v) is 6.37. The monoisotopic (exact) mass is 243 g/mol. The molecular weight excluding hydrogens is 226 g/mol. The van der Waals surface area contributed by atoms with Crippen molar-refractivity contribution in [2.45, 2.75) is 44.4 Å². The fourth-order valence-electron chi connectivity index (χ4n) is 1.73. The Morgan fingerprint density at radius 2 is 2.33 bits per heavy atom. The van der Waals surface area contributed by atoms with Crippen LogP contribution in [0.2, 0.25) is 0 Å². The Labute approximate surface area is 99.1 Å². The van der Waals surface area contributed by atoms with Crippen LogP contribution in [0.25, 0.3) is 0 Å². The van der Waals surface area contributed by atoms with Gasteiger partial charge in [0.1, 0.15) is 5.01 Å². The molecule has 5 heteroatoms. The Morgan fingerprint density at radius 3 is 3.00 bits per heavy atom. The molecule has 0 amide bonds. The molecule has 1 aromatic rings. The number of nitrogens with zero attached hydrogens (tertiary/aromatic N) is 2. The molecule has 1 aromatic heterocycles. The molecule has 2 atom stereocenters. The summed E-state index contributed by atoms with van der Waals surface area (Å²) in [5, 5.41) is 14.6. The van der Waals surface area contributed by atoms with Gasteiger partial charge in [0.15, 0.2) is 0 Å². The Bertz CT molecular complexity index is 313. The lowest BCUT2D eigenvalue weighted by molar-refractivity contribution is 0.616. The van der Waals surface area contributed by atoms with E-state index in [1.54, 1.807) is 11.3 Å². The van der Waals surface area contributed by atoms with Crippen LogP contribution in [0.5, 0.6) is 0 Å². The third kappa shape index (κ3) is 2.84. The smallest absolute Gasteiger partial charge is 0.205 e. The zero-order chi connectivity index (χ0) is 10.7. The lowest BCUT2D eigenvalue weighted by Crippen LogP contribution is -2.32. The summed E-state index contributed by atoms with van der Waals surface area (Å²) in [4.78, 5) is 0. The van der Waals surface area contributed by atoms with Crippen LogP contribution in [-0.2, 0) is 6.42 Å². The fraction of sp³-hybridized carbons (Fsp3) is 0.800. The third-order valence-electron chi connectivity index (χ3n) is 2.69. The zero-order valence-corrected chi connectivity index (χ0v) is 10.8. The van der Waals surface area contributed by atoms with E-state index in [4.69, 9.17) is 0 Å². The molecule has 1 aliphatic rings. The van der Waals surface area contributed by atoms with Crippen LogP contribution in [-0.4, -0.2) is 27.2 Å². The van der Waals surface area contributed by atoms with Gasteiger partial charge in [-0.1, -0.05) is 25.2 Å².